The molecule has 1 N–H and O–H groups in total. The highest BCUT2D eigenvalue weighted by Crippen LogP contribution is 2.35. The Morgan fingerprint density at radius 2 is 2.05 bits per heavy atom. The van der Waals surface area contributed by atoms with Crippen molar-refractivity contribution in [2.75, 3.05) is 12.3 Å². The van der Waals surface area contributed by atoms with Gasteiger partial charge in [-0.3, -0.25) is 4.79 Å². The zero-order valence-electron chi connectivity index (χ0n) is 13.6. The average Bonchev–Trinajstić information content (AvgIpc) is 3.03. The molecule has 1 aliphatic rings. The minimum atomic E-state index is 0.102. The number of carbonyl (C=O) groups is 1. The van der Waals surface area contributed by atoms with E-state index in [4.69, 9.17) is 0 Å². The van der Waals surface area contributed by atoms with Crippen LogP contribution in [-0.2, 0) is 4.79 Å². The molecule has 5 heteroatoms. The molecule has 2 rings (SSSR count). The molecule has 0 radical (unpaired) electrons. The van der Waals surface area contributed by atoms with Crippen molar-refractivity contribution in [1.82, 2.24) is 14.9 Å². The molecular formula is C16H27N3OS. The van der Waals surface area contributed by atoms with E-state index in [0.717, 1.165) is 17.4 Å². The van der Waals surface area contributed by atoms with Crippen molar-refractivity contribution in [1.29, 1.82) is 0 Å². The molecule has 1 heterocycles. The summed E-state index contributed by atoms with van der Waals surface area (Å²) in [6.45, 7) is 9.15. The summed E-state index contributed by atoms with van der Waals surface area (Å²) in [7, 11) is 0. The Labute approximate surface area is 132 Å². The van der Waals surface area contributed by atoms with Crippen molar-refractivity contribution in [2.24, 2.45) is 5.92 Å². The van der Waals surface area contributed by atoms with E-state index in [-0.39, 0.29) is 5.91 Å². The second-order valence-electron chi connectivity index (χ2n) is 6.36. The van der Waals surface area contributed by atoms with Crippen LogP contribution in [0.25, 0.3) is 0 Å². The molecule has 118 valence electrons. The normalized spacial score (nSPS) is 15.9. The van der Waals surface area contributed by atoms with E-state index in [0.29, 0.717) is 17.7 Å². The maximum Gasteiger partial charge on any atom is 0.230 e. The van der Waals surface area contributed by atoms with Crippen molar-refractivity contribution < 1.29 is 4.79 Å². The van der Waals surface area contributed by atoms with E-state index in [1.54, 1.807) is 11.8 Å². The van der Waals surface area contributed by atoms with Crippen LogP contribution in [0.2, 0.25) is 0 Å². The number of thioether (sulfide) groups is 1. The first kappa shape index (κ1) is 16.4. The van der Waals surface area contributed by atoms with E-state index in [1.165, 1.54) is 31.4 Å². The number of hydrogen-bond acceptors (Lipinski definition) is 3. The number of aryl methyl sites for hydroxylation is 1. The van der Waals surface area contributed by atoms with Crippen LogP contribution >= 0.6 is 11.8 Å². The Hall–Kier alpha value is -0.970. The predicted molar refractivity (Wildman–Crippen MR) is 87.8 cm³/mol. The average molecular weight is 309 g/mol. The first-order chi connectivity index (χ1) is 9.99. The fourth-order valence-electron chi connectivity index (χ4n) is 2.79. The lowest BCUT2D eigenvalue weighted by atomic mass is 10.2. The molecule has 1 saturated carbocycles. The summed E-state index contributed by atoms with van der Waals surface area (Å²) in [5.74, 6) is 1.05. The van der Waals surface area contributed by atoms with Crippen molar-refractivity contribution in [2.45, 2.75) is 64.6 Å². The van der Waals surface area contributed by atoms with Crippen LogP contribution in [0, 0.1) is 19.8 Å². The highest BCUT2D eigenvalue weighted by molar-refractivity contribution is 7.99. The van der Waals surface area contributed by atoms with Crippen LogP contribution in [0.1, 0.15) is 57.0 Å². The minimum absolute atomic E-state index is 0.102. The van der Waals surface area contributed by atoms with E-state index < -0.39 is 0 Å². The van der Waals surface area contributed by atoms with Gasteiger partial charge in [-0.05, 0) is 32.6 Å². The molecule has 4 nitrogen and oxygen atoms in total. The number of amides is 1. The summed E-state index contributed by atoms with van der Waals surface area (Å²) < 4.78 is 2.36. The fourth-order valence-corrected chi connectivity index (χ4v) is 3.78. The van der Waals surface area contributed by atoms with Crippen LogP contribution in [0.5, 0.6) is 0 Å². The van der Waals surface area contributed by atoms with Crippen LogP contribution in [0.3, 0.4) is 0 Å². The molecule has 0 atom stereocenters. The van der Waals surface area contributed by atoms with Crippen molar-refractivity contribution >= 4 is 17.7 Å². The zero-order chi connectivity index (χ0) is 15.4. The molecule has 1 aliphatic carbocycles. The summed E-state index contributed by atoms with van der Waals surface area (Å²) in [6, 6.07) is 0.576. The molecule has 1 aromatic rings. The number of imidazole rings is 1. The molecule has 0 aromatic carbocycles. The monoisotopic (exact) mass is 309 g/mol. The summed E-state index contributed by atoms with van der Waals surface area (Å²) in [5.41, 5.74) is 2.35. The predicted octanol–water partition coefficient (Wildman–Crippen LogP) is 3.48. The first-order valence-corrected chi connectivity index (χ1v) is 8.92. The summed E-state index contributed by atoms with van der Waals surface area (Å²) in [6.07, 6.45) is 5.09. The zero-order valence-corrected chi connectivity index (χ0v) is 14.4. The lowest BCUT2D eigenvalue weighted by Gasteiger charge is -2.17. The van der Waals surface area contributed by atoms with Gasteiger partial charge in [0.2, 0.25) is 5.91 Å². The van der Waals surface area contributed by atoms with E-state index in [2.05, 4.69) is 42.6 Å². The van der Waals surface area contributed by atoms with Gasteiger partial charge in [0.1, 0.15) is 0 Å². The Bertz CT molecular complexity index is 490. The van der Waals surface area contributed by atoms with Gasteiger partial charge in [0.15, 0.2) is 5.16 Å². The van der Waals surface area contributed by atoms with Gasteiger partial charge in [0, 0.05) is 18.3 Å². The Morgan fingerprint density at radius 3 is 2.67 bits per heavy atom. The smallest absolute Gasteiger partial charge is 0.230 e. The molecule has 21 heavy (non-hydrogen) atoms. The van der Waals surface area contributed by atoms with Crippen molar-refractivity contribution in [3.05, 3.63) is 11.4 Å². The number of nitrogens with zero attached hydrogens (tertiary/aromatic N) is 2. The third-order valence-electron chi connectivity index (χ3n) is 4.08. The van der Waals surface area contributed by atoms with Crippen molar-refractivity contribution in [3.63, 3.8) is 0 Å². The molecule has 1 fully saturated rings. The van der Waals surface area contributed by atoms with Crippen LogP contribution < -0.4 is 5.32 Å². The second-order valence-corrected chi connectivity index (χ2v) is 7.30. The number of aromatic nitrogens is 2. The SMILES string of the molecule is Cc1nc(SCC(=O)NCC(C)C)n(C2CCCC2)c1C. The van der Waals surface area contributed by atoms with Crippen LogP contribution in [0.15, 0.2) is 5.16 Å². The summed E-state index contributed by atoms with van der Waals surface area (Å²) in [5, 5.41) is 3.98. The molecular weight excluding hydrogens is 282 g/mol. The summed E-state index contributed by atoms with van der Waals surface area (Å²) >= 11 is 1.57. The molecule has 0 spiro atoms. The topological polar surface area (TPSA) is 46.9 Å². The Balaban J connectivity index is 1.99. The lowest BCUT2D eigenvalue weighted by Crippen LogP contribution is -2.28. The van der Waals surface area contributed by atoms with Gasteiger partial charge in [0.05, 0.1) is 11.4 Å². The number of carbonyl (C=O) groups excluding carboxylic acids is 1. The minimum Gasteiger partial charge on any atom is -0.355 e. The maximum atomic E-state index is 11.9. The third kappa shape index (κ3) is 4.25. The largest absolute Gasteiger partial charge is 0.355 e. The molecule has 1 amide bonds. The number of nitrogens with one attached hydrogen (secondary N) is 1. The first-order valence-electron chi connectivity index (χ1n) is 7.94. The molecule has 0 aliphatic heterocycles. The highest BCUT2D eigenvalue weighted by Gasteiger charge is 2.23. The van der Waals surface area contributed by atoms with Crippen molar-refractivity contribution in [3.8, 4) is 0 Å². The van der Waals surface area contributed by atoms with Gasteiger partial charge in [0.25, 0.3) is 0 Å². The number of hydrogen-bond donors (Lipinski definition) is 1. The quantitative estimate of drug-likeness (QED) is 0.818. The lowest BCUT2D eigenvalue weighted by molar-refractivity contribution is -0.118. The standard InChI is InChI=1S/C16H27N3OS/c1-11(2)9-17-15(20)10-21-16-18-12(3)13(4)19(16)14-7-5-6-8-14/h11,14H,5-10H2,1-4H3,(H,17,20). The second kappa shape index (κ2) is 7.34. The Kier molecular flexibility index (Phi) is 5.73. The van der Waals surface area contributed by atoms with Gasteiger partial charge >= 0.3 is 0 Å². The maximum absolute atomic E-state index is 11.9. The molecule has 0 unspecified atom stereocenters. The fraction of sp³-hybridized carbons (Fsp3) is 0.750. The van der Waals surface area contributed by atoms with Gasteiger partial charge in [-0.25, -0.2) is 4.98 Å². The molecule has 0 saturated heterocycles. The highest BCUT2D eigenvalue weighted by atomic mass is 32.2. The van der Waals surface area contributed by atoms with Gasteiger partial charge in [-0.1, -0.05) is 38.5 Å². The van der Waals surface area contributed by atoms with E-state index in [1.807, 2.05) is 0 Å². The molecule has 0 bridgehead atoms. The van der Waals surface area contributed by atoms with E-state index >= 15 is 0 Å². The van der Waals surface area contributed by atoms with Gasteiger partial charge in [-0.2, -0.15) is 0 Å². The third-order valence-corrected chi connectivity index (χ3v) is 5.04. The van der Waals surface area contributed by atoms with Gasteiger partial charge < -0.3 is 9.88 Å². The van der Waals surface area contributed by atoms with Gasteiger partial charge in [-0.15, -0.1) is 0 Å². The number of rotatable bonds is 6. The van der Waals surface area contributed by atoms with Crippen LogP contribution in [-0.4, -0.2) is 27.8 Å². The Morgan fingerprint density at radius 1 is 1.38 bits per heavy atom. The van der Waals surface area contributed by atoms with Crippen LogP contribution in [0.4, 0.5) is 0 Å². The molecule has 1 aromatic heterocycles. The summed E-state index contributed by atoms with van der Waals surface area (Å²) in [4.78, 5) is 16.5. The van der Waals surface area contributed by atoms with E-state index in [9.17, 15) is 4.79 Å².